The molecule has 0 amide bonds. The van der Waals surface area contributed by atoms with Crippen molar-refractivity contribution in [2.45, 2.75) is 25.8 Å². The molecule has 21 heavy (non-hydrogen) atoms. The number of benzene rings is 1. The summed E-state index contributed by atoms with van der Waals surface area (Å²) in [5, 5.41) is 5.54. The first-order chi connectivity index (χ1) is 10.2. The zero-order valence-corrected chi connectivity index (χ0v) is 12.3. The number of ether oxygens (including phenoxy) is 1. The minimum Gasteiger partial charge on any atom is -0.497 e. The van der Waals surface area contributed by atoms with E-state index >= 15 is 0 Å². The average Bonchev–Trinajstić information content (AvgIpc) is 2.53. The summed E-state index contributed by atoms with van der Waals surface area (Å²) in [6.07, 6.45) is 3.32. The monoisotopic (exact) mass is 288 g/mol. The van der Waals surface area contributed by atoms with Crippen LogP contribution in [0.25, 0.3) is 10.9 Å². The van der Waals surface area contributed by atoms with Crippen LogP contribution < -0.4 is 15.5 Å². The lowest BCUT2D eigenvalue weighted by atomic mass is 10.1. The van der Waals surface area contributed by atoms with Crippen LogP contribution >= 0.6 is 0 Å². The molecule has 0 saturated carbocycles. The molecule has 1 heterocycles. The highest BCUT2D eigenvalue weighted by Crippen LogP contribution is 2.32. The van der Waals surface area contributed by atoms with Gasteiger partial charge in [0.05, 0.1) is 29.6 Å². The molecule has 2 rings (SSSR count). The number of hydrogen-bond donors (Lipinski definition) is 1. The molecule has 1 aromatic carbocycles. The molecular formula is C15H20N4O2. The first-order valence-electron chi connectivity index (χ1n) is 6.96. The Bertz CT molecular complexity index is 618. The van der Waals surface area contributed by atoms with E-state index in [4.69, 9.17) is 10.5 Å². The lowest BCUT2D eigenvalue weighted by Gasteiger charge is -2.24. The van der Waals surface area contributed by atoms with Gasteiger partial charge in [-0.05, 0) is 38.4 Å². The maximum Gasteiger partial charge on any atom is 0.121 e. The lowest BCUT2D eigenvalue weighted by Crippen LogP contribution is -2.28. The number of fused-ring (bicyclic) bond motifs is 1. The zero-order valence-electron chi connectivity index (χ0n) is 12.3. The van der Waals surface area contributed by atoms with Gasteiger partial charge in [-0.2, -0.15) is 0 Å². The van der Waals surface area contributed by atoms with Crippen molar-refractivity contribution in [1.82, 2.24) is 4.98 Å². The van der Waals surface area contributed by atoms with Gasteiger partial charge in [0.1, 0.15) is 5.75 Å². The third-order valence-corrected chi connectivity index (χ3v) is 3.47. The molecule has 0 fully saturated rings. The number of pyridine rings is 1. The van der Waals surface area contributed by atoms with E-state index in [0.29, 0.717) is 18.0 Å². The van der Waals surface area contributed by atoms with Crippen molar-refractivity contribution in [1.29, 1.82) is 0 Å². The van der Waals surface area contributed by atoms with Gasteiger partial charge in [-0.25, -0.2) is 5.01 Å². The van der Waals surface area contributed by atoms with Gasteiger partial charge in [-0.3, -0.25) is 4.98 Å². The maximum absolute atomic E-state index is 11.3. The molecule has 1 aromatic heterocycles. The van der Waals surface area contributed by atoms with Gasteiger partial charge >= 0.3 is 0 Å². The van der Waals surface area contributed by atoms with Gasteiger partial charge in [-0.1, -0.05) is 6.07 Å². The highest BCUT2D eigenvalue weighted by Gasteiger charge is 2.19. The van der Waals surface area contributed by atoms with Gasteiger partial charge in [0.25, 0.3) is 0 Å². The Morgan fingerprint density at radius 3 is 2.95 bits per heavy atom. The number of aromatic nitrogens is 1. The predicted octanol–water partition coefficient (Wildman–Crippen LogP) is 2.86. The predicted molar refractivity (Wildman–Crippen MR) is 84.3 cm³/mol. The third-order valence-electron chi connectivity index (χ3n) is 3.47. The van der Waals surface area contributed by atoms with Gasteiger partial charge in [0.2, 0.25) is 0 Å². The summed E-state index contributed by atoms with van der Waals surface area (Å²) in [6, 6.07) is 7.40. The first kappa shape index (κ1) is 15.2. The van der Waals surface area contributed by atoms with Crippen LogP contribution in [0.15, 0.2) is 35.7 Å². The zero-order chi connectivity index (χ0) is 15.2. The Kier molecular flexibility index (Phi) is 5.05. The minimum atomic E-state index is -0.0524. The number of nitroso groups, excluding NO2 is 1. The Balaban J connectivity index is 2.48. The van der Waals surface area contributed by atoms with Gasteiger partial charge in [0.15, 0.2) is 0 Å². The lowest BCUT2D eigenvalue weighted by molar-refractivity contribution is 0.415. The molecule has 2 N–H and O–H groups in total. The molecule has 0 aliphatic heterocycles. The fraction of sp³-hybridized carbons (Fsp3) is 0.400. The second-order valence-corrected chi connectivity index (χ2v) is 4.93. The van der Waals surface area contributed by atoms with E-state index in [2.05, 4.69) is 10.3 Å². The summed E-state index contributed by atoms with van der Waals surface area (Å²) in [6.45, 7) is 2.54. The maximum atomic E-state index is 11.3. The SMILES string of the molecule is COc1cc(N(N=O)C(C)CCCN)c2ncccc2c1. The molecule has 0 spiro atoms. The summed E-state index contributed by atoms with van der Waals surface area (Å²) in [5.41, 5.74) is 6.92. The fourth-order valence-corrected chi connectivity index (χ4v) is 2.34. The van der Waals surface area contributed by atoms with Crippen molar-refractivity contribution < 1.29 is 4.74 Å². The molecule has 2 aromatic rings. The molecule has 1 unspecified atom stereocenters. The van der Waals surface area contributed by atoms with Crippen molar-refractivity contribution in [2.24, 2.45) is 11.0 Å². The van der Waals surface area contributed by atoms with Gasteiger partial charge < -0.3 is 10.5 Å². The van der Waals surface area contributed by atoms with E-state index in [1.165, 1.54) is 5.01 Å². The summed E-state index contributed by atoms with van der Waals surface area (Å²) in [4.78, 5) is 15.7. The molecule has 0 aliphatic carbocycles. The van der Waals surface area contributed by atoms with E-state index in [1.54, 1.807) is 19.4 Å². The van der Waals surface area contributed by atoms with Crippen molar-refractivity contribution in [2.75, 3.05) is 18.7 Å². The Morgan fingerprint density at radius 1 is 1.48 bits per heavy atom. The van der Waals surface area contributed by atoms with Crippen LogP contribution in [0.5, 0.6) is 5.75 Å². The number of rotatable bonds is 7. The Morgan fingerprint density at radius 2 is 2.29 bits per heavy atom. The number of nitrogens with zero attached hydrogens (tertiary/aromatic N) is 3. The highest BCUT2D eigenvalue weighted by atomic mass is 16.5. The Hall–Kier alpha value is -2.21. The number of anilines is 1. The second kappa shape index (κ2) is 6.99. The van der Waals surface area contributed by atoms with E-state index in [-0.39, 0.29) is 6.04 Å². The second-order valence-electron chi connectivity index (χ2n) is 4.93. The summed E-state index contributed by atoms with van der Waals surface area (Å²) in [5.74, 6) is 0.671. The van der Waals surface area contributed by atoms with E-state index in [0.717, 1.165) is 23.7 Å². The Labute approximate surface area is 123 Å². The van der Waals surface area contributed by atoms with Crippen LogP contribution in [-0.2, 0) is 0 Å². The molecular weight excluding hydrogens is 268 g/mol. The van der Waals surface area contributed by atoms with Crippen LogP contribution in [0.4, 0.5) is 5.69 Å². The standard InChI is InChI=1S/C15H20N4O2/c1-11(5-3-7-16)19(18-20)14-10-13(21-2)9-12-6-4-8-17-15(12)14/h4,6,8-11H,3,5,7,16H2,1-2H3. The van der Waals surface area contributed by atoms with Crippen molar-refractivity contribution >= 4 is 16.6 Å². The molecule has 6 heteroatoms. The van der Waals surface area contributed by atoms with Gasteiger partial charge in [0, 0.05) is 17.6 Å². The van der Waals surface area contributed by atoms with E-state index < -0.39 is 0 Å². The quantitative estimate of drug-likeness (QED) is 0.626. The molecule has 6 nitrogen and oxygen atoms in total. The van der Waals surface area contributed by atoms with Crippen LogP contribution in [0.2, 0.25) is 0 Å². The number of nitrogens with two attached hydrogens (primary N) is 1. The van der Waals surface area contributed by atoms with Crippen molar-refractivity contribution in [3.63, 3.8) is 0 Å². The van der Waals surface area contributed by atoms with E-state index in [9.17, 15) is 4.91 Å². The summed E-state index contributed by atoms with van der Waals surface area (Å²) in [7, 11) is 1.60. The summed E-state index contributed by atoms with van der Waals surface area (Å²) < 4.78 is 5.30. The fourth-order valence-electron chi connectivity index (χ4n) is 2.34. The molecule has 0 saturated heterocycles. The molecule has 0 aliphatic rings. The third kappa shape index (κ3) is 3.28. The average molecular weight is 288 g/mol. The highest BCUT2D eigenvalue weighted by molar-refractivity contribution is 5.92. The van der Waals surface area contributed by atoms with E-state index in [1.807, 2.05) is 25.1 Å². The van der Waals surface area contributed by atoms with Crippen LogP contribution in [0.1, 0.15) is 19.8 Å². The number of methoxy groups -OCH3 is 1. The van der Waals surface area contributed by atoms with Crippen LogP contribution in [0.3, 0.4) is 0 Å². The topological polar surface area (TPSA) is 80.8 Å². The van der Waals surface area contributed by atoms with Crippen LogP contribution in [-0.4, -0.2) is 24.7 Å². The summed E-state index contributed by atoms with van der Waals surface area (Å²) >= 11 is 0. The number of hydrogen-bond acceptors (Lipinski definition) is 5. The largest absolute Gasteiger partial charge is 0.497 e. The molecule has 0 radical (unpaired) electrons. The molecule has 1 atom stereocenters. The molecule has 112 valence electrons. The van der Waals surface area contributed by atoms with Crippen molar-refractivity contribution in [3.8, 4) is 5.75 Å². The normalized spacial score (nSPS) is 12.1. The van der Waals surface area contributed by atoms with Crippen LogP contribution in [0, 0.1) is 4.91 Å². The molecule has 0 bridgehead atoms. The minimum absolute atomic E-state index is 0.0524. The van der Waals surface area contributed by atoms with Gasteiger partial charge in [-0.15, -0.1) is 4.91 Å². The smallest absolute Gasteiger partial charge is 0.121 e. The first-order valence-corrected chi connectivity index (χ1v) is 6.96. The van der Waals surface area contributed by atoms with Crippen molar-refractivity contribution in [3.05, 3.63) is 35.4 Å².